The van der Waals surface area contributed by atoms with Crippen LogP contribution in [-0.4, -0.2) is 54.1 Å². The molecule has 1 fully saturated rings. The normalized spacial score (nSPS) is 14.2. The Balaban J connectivity index is 1.62. The van der Waals surface area contributed by atoms with Crippen LogP contribution in [0.4, 0.5) is 5.95 Å². The van der Waals surface area contributed by atoms with Crippen LogP contribution < -0.4 is 10.5 Å². The summed E-state index contributed by atoms with van der Waals surface area (Å²) in [4.78, 5) is 36.0. The minimum atomic E-state index is -0.185. The molecule has 8 heteroatoms. The zero-order chi connectivity index (χ0) is 20.1. The maximum Gasteiger partial charge on any atom is 0.255 e. The van der Waals surface area contributed by atoms with E-state index in [0.29, 0.717) is 61.5 Å². The van der Waals surface area contributed by atoms with Crippen LogP contribution in [0.25, 0.3) is 0 Å². The van der Waals surface area contributed by atoms with Crippen LogP contribution in [0.5, 0.6) is 0 Å². The number of carbonyl (C=O) groups excluding carboxylic acids is 1. The number of rotatable bonds is 6. The Kier molecular flexibility index (Phi) is 6.70. The molecule has 28 heavy (non-hydrogen) atoms. The lowest BCUT2D eigenvalue weighted by atomic mass is 10.1. The Hall–Kier alpha value is -2.38. The van der Waals surface area contributed by atoms with E-state index in [-0.39, 0.29) is 17.9 Å². The molecule has 1 saturated heterocycles. The van der Waals surface area contributed by atoms with Gasteiger partial charge in [-0.15, -0.1) is 0 Å². The van der Waals surface area contributed by atoms with Gasteiger partial charge < -0.3 is 14.5 Å². The number of aryl methyl sites for hydroxylation is 1. The second-order valence-corrected chi connectivity index (χ2v) is 7.30. The van der Waals surface area contributed by atoms with Crippen LogP contribution in [0.1, 0.15) is 23.2 Å². The number of aromatic nitrogens is 2. The summed E-state index contributed by atoms with van der Waals surface area (Å²) in [6.07, 6.45) is 0.590. The predicted molar refractivity (Wildman–Crippen MR) is 109 cm³/mol. The van der Waals surface area contributed by atoms with Crippen LogP contribution in [0.3, 0.4) is 0 Å². The second-order valence-electron chi connectivity index (χ2n) is 6.89. The molecular weight excluding hydrogens is 380 g/mol. The van der Waals surface area contributed by atoms with E-state index in [2.05, 4.69) is 9.97 Å². The second kappa shape index (κ2) is 9.21. The molecule has 0 radical (unpaired) electrons. The molecule has 1 aromatic heterocycles. The van der Waals surface area contributed by atoms with E-state index in [1.165, 1.54) is 0 Å². The molecule has 1 aromatic carbocycles. The van der Waals surface area contributed by atoms with Gasteiger partial charge in [0.1, 0.15) is 0 Å². The van der Waals surface area contributed by atoms with Gasteiger partial charge in [-0.2, -0.15) is 0 Å². The Bertz CT molecular complexity index is 893. The first kappa shape index (κ1) is 20.4. The van der Waals surface area contributed by atoms with E-state index in [9.17, 15) is 9.59 Å². The van der Waals surface area contributed by atoms with Crippen molar-refractivity contribution in [1.82, 2.24) is 14.9 Å². The third kappa shape index (κ3) is 4.91. The number of amides is 1. The molecule has 7 nitrogen and oxygen atoms in total. The molecule has 0 bridgehead atoms. The van der Waals surface area contributed by atoms with Gasteiger partial charge >= 0.3 is 0 Å². The van der Waals surface area contributed by atoms with Gasteiger partial charge in [0.25, 0.3) is 5.56 Å². The molecular formula is C20H25ClN4O3. The van der Waals surface area contributed by atoms with E-state index in [1.54, 1.807) is 18.0 Å². The van der Waals surface area contributed by atoms with Crippen molar-refractivity contribution in [1.29, 1.82) is 0 Å². The van der Waals surface area contributed by atoms with Crippen molar-refractivity contribution in [3.05, 3.63) is 56.5 Å². The first-order chi connectivity index (χ1) is 13.5. The molecule has 0 unspecified atom stereocenters. The highest BCUT2D eigenvalue weighted by Crippen LogP contribution is 2.17. The lowest BCUT2D eigenvalue weighted by molar-refractivity contribution is -0.130. The molecule has 2 aromatic rings. The maximum absolute atomic E-state index is 12.5. The first-order valence-electron chi connectivity index (χ1n) is 9.35. The maximum atomic E-state index is 12.5. The van der Waals surface area contributed by atoms with Crippen molar-refractivity contribution in [3.8, 4) is 0 Å². The highest BCUT2D eigenvalue weighted by Gasteiger charge is 2.18. The average molecular weight is 405 g/mol. The number of H-pyrrole nitrogens is 1. The monoisotopic (exact) mass is 404 g/mol. The number of anilines is 1. The van der Waals surface area contributed by atoms with Crippen LogP contribution in [-0.2, 0) is 22.5 Å². The Morgan fingerprint density at radius 1 is 1.32 bits per heavy atom. The molecule has 0 spiro atoms. The Morgan fingerprint density at radius 2 is 2.04 bits per heavy atom. The average Bonchev–Trinajstić information content (AvgIpc) is 2.69. The van der Waals surface area contributed by atoms with Gasteiger partial charge in [0.2, 0.25) is 11.9 Å². The van der Waals surface area contributed by atoms with Crippen molar-refractivity contribution < 1.29 is 9.53 Å². The zero-order valence-corrected chi connectivity index (χ0v) is 17.0. The number of aromatic amines is 1. The molecule has 1 aliphatic rings. The van der Waals surface area contributed by atoms with E-state index >= 15 is 0 Å². The van der Waals surface area contributed by atoms with Crippen LogP contribution in [0, 0.1) is 6.92 Å². The summed E-state index contributed by atoms with van der Waals surface area (Å²) in [5.41, 5.74) is 1.92. The molecule has 0 aliphatic carbocycles. The van der Waals surface area contributed by atoms with Crippen LogP contribution in [0.15, 0.2) is 29.1 Å². The Labute approximate surface area is 169 Å². The third-order valence-electron chi connectivity index (χ3n) is 4.90. The number of benzene rings is 1. The van der Waals surface area contributed by atoms with Crippen molar-refractivity contribution >= 4 is 23.5 Å². The first-order valence-corrected chi connectivity index (χ1v) is 9.73. The molecule has 1 amide bonds. The standard InChI is InChI=1S/C20H25ClN4O3/c1-14-16(19(27)23-20(22-14)25-9-11-28-12-10-25)7-8-18(26)24(2)13-15-5-3-4-6-17(15)21/h3-6H,7-13H2,1-2H3,(H,22,23,27). The fourth-order valence-corrected chi connectivity index (χ4v) is 3.40. The summed E-state index contributed by atoms with van der Waals surface area (Å²) in [5.74, 6) is 0.521. The predicted octanol–water partition coefficient (Wildman–Crippen LogP) is 2.16. The molecule has 0 atom stereocenters. The molecule has 1 aliphatic heterocycles. The van der Waals surface area contributed by atoms with Gasteiger partial charge in [-0.05, 0) is 25.0 Å². The van der Waals surface area contributed by atoms with Crippen LogP contribution >= 0.6 is 11.6 Å². The Morgan fingerprint density at radius 3 is 2.71 bits per heavy atom. The number of morpholine rings is 1. The third-order valence-corrected chi connectivity index (χ3v) is 5.27. The van der Waals surface area contributed by atoms with Crippen molar-refractivity contribution in [2.24, 2.45) is 0 Å². The van der Waals surface area contributed by atoms with Gasteiger partial charge in [0.15, 0.2) is 0 Å². The van der Waals surface area contributed by atoms with E-state index in [4.69, 9.17) is 16.3 Å². The van der Waals surface area contributed by atoms with E-state index in [0.717, 1.165) is 5.56 Å². The molecule has 150 valence electrons. The fourth-order valence-electron chi connectivity index (χ4n) is 3.21. The number of ether oxygens (including phenoxy) is 1. The number of hydrogen-bond acceptors (Lipinski definition) is 5. The summed E-state index contributed by atoms with van der Waals surface area (Å²) in [7, 11) is 1.74. The summed E-state index contributed by atoms with van der Waals surface area (Å²) >= 11 is 6.16. The van der Waals surface area contributed by atoms with E-state index in [1.807, 2.05) is 30.0 Å². The molecule has 2 heterocycles. The highest BCUT2D eigenvalue weighted by molar-refractivity contribution is 6.31. The number of nitrogens with zero attached hydrogens (tertiary/aromatic N) is 3. The van der Waals surface area contributed by atoms with Gasteiger partial charge in [-0.25, -0.2) is 4.98 Å². The number of halogens is 1. The van der Waals surface area contributed by atoms with Gasteiger partial charge in [-0.1, -0.05) is 29.8 Å². The SMILES string of the molecule is Cc1nc(N2CCOCC2)[nH]c(=O)c1CCC(=O)N(C)Cc1ccccc1Cl. The summed E-state index contributed by atoms with van der Waals surface area (Å²) in [6, 6.07) is 7.45. The smallest absolute Gasteiger partial charge is 0.255 e. The van der Waals surface area contributed by atoms with Crippen molar-refractivity contribution in [3.63, 3.8) is 0 Å². The van der Waals surface area contributed by atoms with Gasteiger partial charge in [0.05, 0.1) is 13.2 Å². The number of hydrogen-bond donors (Lipinski definition) is 1. The minimum Gasteiger partial charge on any atom is -0.378 e. The topological polar surface area (TPSA) is 78.5 Å². The highest BCUT2D eigenvalue weighted by atomic mass is 35.5. The lowest BCUT2D eigenvalue weighted by Crippen LogP contribution is -2.38. The minimum absolute atomic E-state index is 0.0454. The molecule has 3 rings (SSSR count). The van der Waals surface area contributed by atoms with Crippen molar-refractivity contribution in [2.75, 3.05) is 38.3 Å². The van der Waals surface area contributed by atoms with E-state index < -0.39 is 0 Å². The van der Waals surface area contributed by atoms with Crippen molar-refractivity contribution in [2.45, 2.75) is 26.3 Å². The van der Waals surface area contributed by atoms with Gasteiger partial charge in [-0.3, -0.25) is 14.6 Å². The molecule has 1 N–H and O–H groups in total. The fraction of sp³-hybridized carbons (Fsp3) is 0.450. The lowest BCUT2D eigenvalue weighted by Gasteiger charge is -2.27. The summed E-state index contributed by atoms with van der Waals surface area (Å²) in [5, 5.41) is 0.636. The van der Waals surface area contributed by atoms with Gasteiger partial charge in [0, 0.05) is 49.4 Å². The summed E-state index contributed by atoms with van der Waals surface area (Å²) in [6.45, 7) is 4.89. The zero-order valence-electron chi connectivity index (χ0n) is 16.2. The number of nitrogens with one attached hydrogen (secondary N) is 1. The number of carbonyl (C=O) groups is 1. The largest absolute Gasteiger partial charge is 0.378 e. The summed E-state index contributed by atoms with van der Waals surface area (Å²) < 4.78 is 5.33. The molecule has 0 saturated carbocycles. The quantitative estimate of drug-likeness (QED) is 0.798. The van der Waals surface area contributed by atoms with Crippen LogP contribution in [0.2, 0.25) is 5.02 Å².